The molecule has 0 amide bonds. The Labute approximate surface area is 223 Å². The number of rotatable bonds is 8. The fourth-order valence-electron chi connectivity index (χ4n) is 9.92. The van der Waals surface area contributed by atoms with Gasteiger partial charge in [-0.2, -0.15) is 11.8 Å². The summed E-state index contributed by atoms with van der Waals surface area (Å²) in [5, 5.41) is 12.4. The van der Waals surface area contributed by atoms with Crippen molar-refractivity contribution in [1.29, 1.82) is 0 Å². The van der Waals surface area contributed by atoms with Gasteiger partial charge in [0, 0.05) is 23.5 Å². The first kappa shape index (κ1) is 25.8. The quantitative estimate of drug-likeness (QED) is 0.389. The molecule has 4 aliphatic carbocycles. The number of likely N-dealkylation sites (tertiary alicyclic amines) is 1. The lowest BCUT2D eigenvalue weighted by molar-refractivity contribution is -0.207. The van der Waals surface area contributed by atoms with Gasteiger partial charge in [0.1, 0.15) is 0 Å². The van der Waals surface area contributed by atoms with Gasteiger partial charge in [0.05, 0.1) is 30.8 Å². The number of aliphatic hydroxyl groups is 1. The topological polar surface area (TPSA) is 45.8 Å². The number of ether oxygens (including phenoxy) is 1. The highest BCUT2D eigenvalue weighted by Crippen LogP contribution is 2.70. The molecule has 1 N–H and O–H groups in total. The zero-order valence-electron chi connectivity index (χ0n) is 22.8. The van der Waals surface area contributed by atoms with Crippen LogP contribution in [0.1, 0.15) is 96.0 Å². The van der Waals surface area contributed by atoms with Crippen molar-refractivity contribution in [3.63, 3.8) is 0 Å². The second-order valence-corrected chi connectivity index (χ2v) is 14.7. The lowest BCUT2D eigenvalue weighted by Gasteiger charge is -2.63. The number of hydrogen-bond acceptors (Lipinski definition) is 5. The van der Waals surface area contributed by atoms with Crippen LogP contribution in [0, 0.1) is 28.6 Å². The molecule has 5 heteroatoms. The van der Waals surface area contributed by atoms with Crippen LogP contribution in [0.5, 0.6) is 0 Å². The van der Waals surface area contributed by atoms with Gasteiger partial charge in [-0.05, 0) is 124 Å². The van der Waals surface area contributed by atoms with E-state index in [1.807, 2.05) is 12.5 Å². The van der Waals surface area contributed by atoms with Gasteiger partial charge in [-0.3, -0.25) is 0 Å². The Morgan fingerprint density at radius 2 is 1.89 bits per heavy atom. The van der Waals surface area contributed by atoms with E-state index in [4.69, 9.17) is 9.15 Å². The van der Waals surface area contributed by atoms with Crippen molar-refractivity contribution in [2.45, 2.75) is 102 Å². The predicted molar refractivity (Wildman–Crippen MR) is 147 cm³/mol. The monoisotopic (exact) mass is 515 g/mol. The largest absolute Gasteiger partial charge is 0.472 e. The van der Waals surface area contributed by atoms with Gasteiger partial charge in [-0.25, -0.2) is 0 Å². The molecule has 0 aromatic carbocycles. The maximum atomic E-state index is 12.4. The highest BCUT2D eigenvalue weighted by molar-refractivity contribution is 7.99. The molecule has 1 aliphatic heterocycles. The van der Waals surface area contributed by atoms with Crippen LogP contribution in [-0.4, -0.2) is 59.5 Å². The van der Waals surface area contributed by atoms with E-state index in [1.54, 1.807) is 0 Å². The summed E-state index contributed by atoms with van der Waals surface area (Å²) >= 11 is 2.07. The van der Waals surface area contributed by atoms with E-state index in [1.165, 1.54) is 82.3 Å². The zero-order chi connectivity index (χ0) is 24.8. The Morgan fingerprint density at radius 1 is 1.03 bits per heavy atom. The molecular formula is C31H49NO3S. The first-order valence-corrected chi connectivity index (χ1v) is 16.3. The number of nitrogens with zero attached hydrogens (tertiary/aromatic N) is 1. The summed E-state index contributed by atoms with van der Waals surface area (Å²) in [7, 11) is 0. The van der Waals surface area contributed by atoms with Crippen LogP contribution in [0.2, 0.25) is 0 Å². The summed E-state index contributed by atoms with van der Waals surface area (Å²) in [5.41, 5.74) is 1.14. The third-order valence-corrected chi connectivity index (χ3v) is 13.0. The molecular weight excluding hydrogens is 466 g/mol. The molecule has 202 valence electrons. The number of thioether (sulfide) groups is 1. The minimum Gasteiger partial charge on any atom is -0.472 e. The van der Waals surface area contributed by atoms with Gasteiger partial charge >= 0.3 is 0 Å². The van der Waals surface area contributed by atoms with E-state index in [2.05, 4.69) is 36.6 Å². The molecule has 0 unspecified atom stereocenters. The fraction of sp³-hybridized carbons (Fsp3) is 0.871. The smallest absolute Gasteiger partial charge is 0.0937 e. The van der Waals surface area contributed by atoms with E-state index in [0.717, 1.165) is 37.5 Å². The minimum absolute atomic E-state index is 0.0198. The van der Waals surface area contributed by atoms with E-state index >= 15 is 0 Å². The number of hydrogen-bond donors (Lipinski definition) is 1. The number of fused-ring (bicyclic) bond motifs is 5. The Bertz CT molecular complexity index is 871. The van der Waals surface area contributed by atoms with Gasteiger partial charge in [0.2, 0.25) is 0 Å². The molecule has 5 aliphatic rings. The second-order valence-electron chi connectivity index (χ2n) is 13.4. The summed E-state index contributed by atoms with van der Waals surface area (Å²) in [5.74, 6) is 4.71. The van der Waals surface area contributed by atoms with E-state index in [-0.39, 0.29) is 5.41 Å². The molecule has 5 fully saturated rings. The molecule has 4 nitrogen and oxygen atoms in total. The van der Waals surface area contributed by atoms with Crippen molar-refractivity contribution < 1.29 is 14.3 Å². The van der Waals surface area contributed by atoms with Gasteiger partial charge < -0.3 is 19.2 Å². The molecule has 8 atom stereocenters. The van der Waals surface area contributed by atoms with Gasteiger partial charge in [-0.1, -0.05) is 13.8 Å². The Morgan fingerprint density at radius 3 is 2.69 bits per heavy atom. The maximum absolute atomic E-state index is 12.4. The van der Waals surface area contributed by atoms with Crippen LogP contribution in [0.25, 0.3) is 0 Å². The van der Waals surface area contributed by atoms with Gasteiger partial charge in [-0.15, -0.1) is 0 Å². The predicted octanol–water partition coefficient (Wildman–Crippen LogP) is 6.74. The van der Waals surface area contributed by atoms with E-state index in [9.17, 15) is 5.11 Å². The first-order chi connectivity index (χ1) is 17.4. The molecule has 0 bridgehead atoms. The Hall–Kier alpha value is -0.490. The maximum Gasteiger partial charge on any atom is 0.0937 e. The molecule has 4 saturated carbocycles. The average molecular weight is 516 g/mol. The van der Waals surface area contributed by atoms with Crippen molar-refractivity contribution in [2.24, 2.45) is 28.6 Å². The summed E-state index contributed by atoms with van der Waals surface area (Å²) < 4.78 is 11.9. The summed E-state index contributed by atoms with van der Waals surface area (Å²) in [6.45, 7) is 9.78. The number of furan rings is 1. The van der Waals surface area contributed by atoms with Crippen LogP contribution < -0.4 is 0 Å². The lowest BCUT2D eigenvalue weighted by Crippen LogP contribution is -2.62. The van der Waals surface area contributed by atoms with Crippen molar-refractivity contribution in [3.8, 4) is 0 Å². The summed E-state index contributed by atoms with van der Waals surface area (Å²) in [6.07, 6.45) is 17.7. The van der Waals surface area contributed by atoms with Crippen LogP contribution >= 0.6 is 11.8 Å². The molecule has 0 spiro atoms. The third kappa shape index (κ3) is 4.32. The van der Waals surface area contributed by atoms with Crippen LogP contribution in [0.3, 0.4) is 0 Å². The molecule has 1 aromatic heterocycles. The average Bonchev–Trinajstić information content (AvgIpc) is 3.62. The second kappa shape index (κ2) is 10.2. The van der Waals surface area contributed by atoms with Crippen molar-refractivity contribution >= 4 is 11.8 Å². The SMILES string of the molecule is C[C@]12CC[C@H](OCCSCCN3CCCC3)C[C@H]1CC[C@@H]1[C@@H]2CC[C@]2(C)[C@@H](c3ccoc3)CC[C@]12O. The highest BCUT2D eigenvalue weighted by atomic mass is 32.2. The van der Waals surface area contributed by atoms with Crippen molar-refractivity contribution in [3.05, 3.63) is 24.2 Å². The third-order valence-electron chi connectivity index (χ3n) is 12.1. The van der Waals surface area contributed by atoms with Crippen molar-refractivity contribution in [2.75, 3.05) is 37.7 Å². The summed E-state index contributed by atoms with van der Waals surface area (Å²) in [4.78, 5) is 2.61. The highest BCUT2D eigenvalue weighted by Gasteiger charge is 2.67. The molecule has 36 heavy (non-hydrogen) atoms. The van der Waals surface area contributed by atoms with Crippen LogP contribution in [0.4, 0.5) is 0 Å². The van der Waals surface area contributed by atoms with E-state index < -0.39 is 5.60 Å². The zero-order valence-corrected chi connectivity index (χ0v) is 23.6. The van der Waals surface area contributed by atoms with Gasteiger partial charge in [0.25, 0.3) is 0 Å². The molecule has 6 rings (SSSR count). The molecule has 2 heterocycles. The van der Waals surface area contributed by atoms with E-state index in [0.29, 0.717) is 29.3 Å². The fourth-order valence-corrected chi connectivity index (χ4v) is 10.7. The standard InChI is InChI=1S/C31H49NO3S/c1-29-11-7-25(35-18-20-36-19-16-32-14-3-4-15-32)21-24(29)5-6-28-27(29)8-12-30(2)26(9-13-31(28,30)33)23-10-17-34-22-23/h10,17,22,24-28,33H,3-9,11-16,18-21H2,1-2H3/t24-,25+,26-,27+,28-,29+,30-,31+/m1/s1. The molecule has 1 saturated heterocycles. The summed E-state index contributed by atoms with van der Waals surface area (Å²) in [6, 6.07) is 2.14. The Kier molecular flexibility index (Phi) is 7.33. The van der Waals surface area contributed by atoms with Gasteiger partial charge in [0.15, 0.2) is 0 Å². The molecule has 0 radical (unpaired) electrons. The first-order valence-electron chi connectivity index (χ1n) is 15.1. The molecule has 1 aromatic rings. The normalized spacial score (nSPS) is 44.8. The lowest BCUT2D eigenvalue weighted by atomic mass is 9.43. The van der Waals surface area contributed by atoms with Crippen molar-refractivity contribution in [1.82, 2.24) is 4.90 Å². The Balaban J connectivity index is 1.03. The van der Waals surface area contributed by atoms with Crippen LogP contribution in [-0.2, 0) is 4.74 Å². The minimum atomic E-state index is -0.522. The van der Waals surface area contributed by atoms with Crippen LogP contribution in [0.15, 0.2) is 23.0 Å².